The maximum absolute atomic E-state index is 12.1. The molecule has 2 rings (SSSR count). The fourth-order valence-electron chi connectivity index (χ4n) is 1.49. The monoisotopic (exact) mass is 263 g/mol. The SMILES string of the molecule is CC(NC(=O)c1cnccc1NN)c1nccs1. The molecule has 0 aliphatic carbocycles. The molecule has 1 amide bonds. The van der Waals surface area contributed by atoms with Crippen LogP contribution >= 0.6 is 11.3 Å². The summed E-state index contributed by atoms with van der Waals surface area (Å²) >= 11 is 1.50. The van der Waals surface area contributed by atoms with Gasteiger partial charge >= 0.3 is 0 Å². The average Bonchev–Trinajstić information content (AvgIpc) is 2.92. The van der Waals surface area contributed by atoms with Crippen molar-refractivity contribution in [1.82, 2.24) is 15.3 Å². The maximum Gasteiger partial charge on any atom is 0.255 e. The topological polar surface area (TPSA) is 92.9 Å². The van der Waals surface area contributed by atoms with Crippen molar-refractivity contribution in [3.63, 3.8) is 0 Å². The van der Waals surface area contributed by atoms with Crippen LogP contribution in [0.4, 0.5) is 5.69 Å². The number of rotatable bonds is 4. The van der Waals surface area contributed by atoms with Gasteiger partial charge in [0.25, 0.3) is 5.91 Å². The highest BCUT2D eigenvalue weighted by Crippen LogP contribution is 2.17. The molecule has 2 heterocycles. The largest absolute Gasteiger partial charge is 0.343 e. The first-order valence-electron chi connectivity index (χ1n) is 5.33. The van der Waals surface area contributed by atoms with E-state index in [9.17, 15) is 4.79 Å². The lowest BCUT2D eigenvalue weighted by molar-refractivity contribution is 0.0940. The predicted molar refractivity (Wildman–Crippen MR) is 70.0 cm³/mol. The molecule has 7 heteroatoms. The van der Waals surface area contributed by atoms with Crippen LogP contribution in [0.2, 0.25) is 0 Å². The number of thiazole rings is 1. The minimum absolute atomic E-state index is 0.150. The molecule has 0 saturated carbocycles. The van der Waals surface area contributed by atoms with Crippen molar-refractivity contribution in [2.24, 2.45) is 5.84 Å². The number of hydrazine groups is 1. The Morgan fingerprint density at radius 1 is 1.50 bits per heavy atom. The van der Waals surface area contributed by atoms with Gasteiger partial charge in [0.1, 0.15) is 5.01 Å². The molecule has 0 spiro atoms. The number of nitrogens with two attached hydrogens (primary N) is 1. The highest BCUT2D eigenvalue weighted by molar-refractivity contribution is 7.09. The number of aromatic nitrogens is 2. The van der Waals surface area contributed by atoms with Crippen molar-refractivity contribution >= 4 is 22.9 Å². The Balaban J connectivity index is 2.12. The average molecular weight is 263 g/mol. The van der Waals surface area contributed by atoms with Gasteiger partial charge in [-0.25, -0.2) is 4.98 Å². The summed E-state index contributed by atoms with van der Waals surface area (Å²) in [4.78, 5) is 20.1. The Hall–Kier alpha value is -1.99. The second kappa shape index (κ2) is 5.56. The van der Waals surface area contributed by atoms with Gasteiger partial charge in [-0.05, 0) is 13.0 Å². The second-order valence-corrected chi connectivity index (χ2v) is 4.56. The number of carbonyl (C=O) groups excluding carboxylic acids is 1. The Morgan fingerprint density at radius 2 is 2.33 bits per heavy atom. The minimum Gasteiger partial charge on any atom is -0.343 e. The molecule has 1 atom stereocenters. The van der Waals surface area contributed by atoms with Crippen LogP contribution in [0.5, 0.6) is 0 Å². The van der Waals surface area contributed by atoms with Crippen LogP contribution in [-0.4, -0.2) is 15.9 Å². The molecular formula is C11H13N5OS. The summed E-state index contributed by atoms with van der Waals surface area (Å²) in [6.07, 6.45) is 4.74. The summed E-state index contributed by atoms with van der Waals surface area (Å²) < 4.78 is 0. The molecule has 18 heavy (non-hydrogen) atoms. The molecular weight excluding hydrogens is 250 g/mol. The van der Waals surface area contributed by atoms with Crippen LogP contribution in [0.3, 0.4) is 0 Å². The van der Waals surface area contributed by atoms with Crippen LogP contribution in [0.15, 0.2) is 30.0 Å². The molecule has 94 valence electrons. The van der Waals surface area contributed by atoms with Crippen LogP contribution in [0.1, 0.15) is 28.3 Å². The summed E-state index contributed by atoms with van der Waals surface area (Å²) in [5.74, 6) is 5.11. The Kier molecular flexibility index (Phi) is 3.85. The van der Waals surface area contributed by atoms with E-state index in [1.54, 1.807) is 18.5 Å². The van der Waals surface area contributed by atoms with Gasteiger partial charge in [-0.2, -0.15) is 0 Å². The van der Waals surface area contributed by atoms with Gasteiger partial charge in [-0.15, -0.1) is 11.3 Å². The highest BCUT2D eigenvalue weighted by Gasteiger charge is 2.15. The first-order chi connectivity index (χ1) is 8.72. The molecule has 0 aromatic carbocycles. The summed E-state index contributed by atoms with van der Waals surface area (Å²) in [6.45, 7) is 1.88. The number of nitrogens with zero attached hydrogens (tertiary/aromatic N) is 2. The number of nitrogen functional groups attached to an aromatic ring is 1. The fraction of sp³-hybridized carbons (Fsp3) is 0.182. The lowest BCUT2D eigenvalue weighted by Gasteiger charge is -2.13. The normalized spacial score (nSPS) is 11.9. The highest BCUT2D eigenvalue weighted by atomic mass is 32.1. The number of anilines is 1. The summed E-state index contributed by atoms with van der Waals surface area (Å²) in [5, 5.41) is 5.57. The van der Waals surface area contributed by atoms with Crippen LogP contribution in [0.25, 0.3) is 0 Å². The fourth-order valence-corrected chi connectivity index (χ4v) is 2.13. The first-order valence-corrected chi connectivity index (χ1v) is 6.21. The zero-order chi connectivity index (χ0) is 13.0. The van der Waals surface area contributed by atoms with Gasteiger partial charge in [0, 0.05) is 24.0 Å². The number of hydrogen-bond donors (Lipinski definition) is 3. The van der Waals surface area contributed by atoms with E-state index in [0.717, 1.165) is 5.01 Å². The molecule has 6 nitrogen and oxygen atoms in total. The van der Waals surface area contributed by atoms with Crippen molar-refractivity contribution in [3.8, 4) is 0 Å². The van der Waals surface area contributed by atoms with Crippen LogP contribution in [-0.2, 0) is 0 Å². The number of carbonyl (C=O) groups is 1. The van der Waals surface area contributed by atoms with Crippen molar-refractivity contribution in [2.45, 2.75) is 13.0 Å². The van der Waals surface area contributed by atoms with Crippen LogP contribution in [0, 0.1) is 0 Å². The van der Waals surface area contributed by atoms with Crippen LogP contribution < -0.4 is 16.6 Å². The summed E-state index contributed by atoms with van der Waals surface area (Å²) in [5.41, 5.74) is 3.41. The Bertz CT molecular complexity index is 528. The van der Waals surface area contributed by atoms with Gasteiger partial charge in [0.05, 0.1) is 17.3 Å². The van der Waals surface area contributed by atoms with Crippen molar-refractivity contribution in [1.29, 1.82) is 0 Å². The summed E-state index contributed by atoms with van der Waals surface area (Å²) in [6, 6.07) is 1.49. The summed E-state index contributed by atoms with van der Waals surface area (Å²) in [7, 11) is 0. The molecule has 0 radical (unpaired) electrons. The predicted octanol–water partition coefficient (Wildman–Crippen LogP) is 1.31. The van der Waals surface area contributed by atoms with E-state index in [1.165, 1.54) is 17.5 Å². The van der Waals surface area contributed by atoms with E-state index < -0.39 is 0 Å². The van der Waals surface area contributed by atoms with E-state index in [1.807, 2.05) is 12.3 Å². The molecule has 0 aliphatic rings. The molecule has 0 aliphatic heterocycles. The van der Waals surface area contributed by atoms with Gasteiger partial charge < -0.3 is 10.7 Å². The zero-order valence-electron chi connectivity index (χ0n) is 9.75. The van der Waals surface area contributed by atoms with Gasteiger partial charge in [0.2, 0.25) is 0 Å². The Labute approximate surface area is 108 Å². The van der Waals surface area contributed by atoms with Gasteiger partial charge in [0.15, 0.2) is 0 Å². The number of pyridine rings is 1. The van der Waals surface area contributed by atoms with E-state index in [0.29, 0.717) is 11.3 Å². The first kappa shape index (κ1) is 12.5. The number of hydrogen-bond acceptors (Lipinski definition) is 6. The molecule has 4 N–H and O–H groups in total. The lowest BCUT2D eigenvalue weighted by Crippen LogP contribution is -2.28. The van der Waals surface area contributed by atoms with E-state index in [-0.39, 0.29) is 11.9 Å². The minimum atomic E-state index is -0.237. The van der Waals surface area contributed by atoms with Gasteiger partial charge in [-0.1, -0.05) is 0 Å². The molecule has 0 bridgehead atoms. The van der Waals surface area contributed by atoms with E-state index in [4.69, 9.17) is 5.84 Å². The zero-order valence-corrected chi connectivity index (χ0v) is 10.6. The quantitative estimate of drug-likeness (QED) is 0.571. The molecule has 0 saturated heterocycles. The molecule has 1 unspecified atom stereocenters. The van der Waals surface area contributed by atoms with Crippen molar-refractivity contribution in [3.05, 3.63) is 40.6 Å². The third-order valence-electron chi connectivity index (χ3n) is 2.39. The van der Waals surface area contributed by atoms with Crippen molar-refractivity contribution in [2.75, 3.05) is 5.43 Å². The lowest BCUT2D eigenvalue weighted by atomic mass is 10.2. The number of amides is 1. The number of nitrogens with one attached hydrogen (secondary N) is 2. The second-order valence-electron chi connectivity index (χ2n) is 3.63. The van der Waals surface area contributed by atoms with Crippen molar-refractivity contribution < 1.29 is 4.79 Å². The third-order valence-corrected chi connectivity index (χ3v) is 3.35. The van der Waals surface area contributed by atoms with E-state index in [2.05, 4.69) is 20.7 Å². The standard InChI is InChI=1S/C11H13N5OS/c1-7(11-14-4-5-18-11)15-10(17)8-6-13-3-2-9(8)16-12/h2-7H,12H2,1H3,(H,13,16)(H,15,17). The molecule has 0 fully saturated rings. The molecule has 2 aromatic rings. The van der Waals surface area contributed by atoms with Gasteiger partial charge in [-0.3, -0.25) is 15.6 Å². The smallest absolute Gasteiger partial charge is 0.255 e. The third kappa shape index (κ3) is 2.63. The molecule has 2 aromatic heterocycles. The van der Waals surface area contributed by atoms with E-state index >= 15 is 0 Å². The Morgan fingerprint density at radius 3 is 3.00 bits per heavy atom. The maximum atomic E-state index is 12.1.